The third-order valence-electron chi connectivity index (χ3n) is 6.25. The molecule has 0 spiro atoms. The average molecular weight is 507 g/mol. The number of hydrogen-bond acceptors (Lipinski definition) is 7. The third kappa shape index (κ3) is 4.79. The Bertz CT molecular complexity index is 1420. The maximum atomic E-state index is 13.0. The first-order chi connectivity index (χ1) is 17.3. The molecular weight excluding hydrogens is 480 g/mol. The summed E-state index contributed by atoms with van der Waals surface area (Å²) in [5.74, 6) is 1.45. The standard InChI is InChI=1S/C27H26N2O6S/c1-18(30)29-25(21-7-9-22(33-2)10-8-21)16-24(28-29)20-5-3-19(4-6-20)17-36(31,32)23-11-12-26-27(15-23)35-14-13-34-26/h3-12,15,25H,13-14,16-17H2,1-2H3. The van der Waals surface area contributed by atoms with Crippen LogP contribution in [-0.2, 0) is 20.4 Å². The predicted octanol–water partition coefficient (Wildman–Crippen LogP) is 4.14. The van der Waals surface area contributed by atoms with Crippen LogP contribution < -0.4 is 14.2 Å². The molecule has 186 valence electrons. The quantitative estimate of drug-likeness (QED) is 0.499. The Kier molecular flexibility index (Phi) is 6.40. The Morgan fingerprint density at radius 1 is 1.00 bits per heavy atom. The summed E-state index contributed by atoms with van der Waals surface area (Å²) in [5.41, 5.74) is 3.24. The summed E-state index contributed by atoms with van der Waals surface area (Å²) in [6.45, 7) is 2.33. The van der Waals surface area contributed by atoms with Gasteiger partial charge in [-0.3, -0.25) is 4.79 Å². The van der Waals surface area contributed by atoms with Crippen LogP contribution in [0, 0.1) is 0 Å². The van der Waals surface area contributed by atoms with E-state index in [4.69, 9.17) is 14.2 Å². The number of amides is 1. The molecule has 1 amide bonds. The number of methoxy groups -OCH3 is 1. The molecule has 1 atom stereocenters. The molecule has 0 fully saturated rings. The fraction of sp³-hybridized carbons (Fsp3) is 0.259. The van der Waals surface area contributed by atoms with Crippen LogP contribution in [0.5, 0.6) is 17.2 Å². The zero-order valence-electron chi connectivity index (χ0n) is 20.0. The van der Waals surface area contributed by atoms with Crippen molar-refractivity contribution in [3.05, 3.63) is 83.4 Å². The lowest BCUT2D eigenvalue weighted by Gasteiger charge is -2.20. The van der Waals surface area contributed by atoms with Gasteiger partial charge in [-0.05, 0) is 41.0 Å². The number of nitrogens with zero attached hydrogens (tertiary/aromatic N) is 2. The van der Waals surface area contributed by atoms with Crippen molar-refractivity contribution in [1.82, 2.24) is 5.01 Å². The fourth-order valence-electron chi connectivity index (χ4n) is 4.37. The van der Waals surface area contributed by atoms with Crippen molar-refractivity contribution in [2.45, 2.75) is 30.0 Å². The summed E-state index contributed by atoms with van der Waals surface area (Å²) in [7, 11) is -1.97. The van der Waals surface area contributed by atoms with Gasteiger partial charge in [0, 0.05) is 19.4 Å². The highest BCUT2D eigenvalue weighted by Crippen LogP contribution is 2.35. The van der Waals surface area contributed by atoms with Crippen LogP contribution in [0.25, 0.3) is 0 Å². The van der Waals surface area contributed by atoms with Gasteiger partial charge in [0.1, 0.15) is 19.0 Å². The molecule has 2 aliphatic heterocycles. The van der Waals surface area contributed by atoms with Crippen LogP contribution in [0.3, 0.4) is 0 Å². The molecule has 0 bridgehead atoms. The Labute approximate surface area is 210 Å². The van der Waals surface area contributed by atoms with E-state index in [1.165, 1.54) is 18.0 Å². The van der Waals surface area contributed by atoms with E-state index in [1.807, 2.05) is 36.4 Å². The van der Waals surface area contributed by atoms with Crippen molar-refractivity contribution in [3.63, 3.8) is 0 Å². The molecule has 0 saturated heterocycles. The van der Waals surface area contributed by atoms with Gasteiger partial charge in [-0.1, -0.05) is 36.4 Å². The number of ether oxygens (including phenoxy) is 3. The number of carbonyl (C=O) groups excluding carboxylic acids is 1. The van der Waals surface area contributed by atoms with E-state index in [9.17, 15) is 13.2 Å². The first-order valence-corrected chi connectivity index (χ1v) is 13.2. The van der Waals surface area contributed by atoms with Gasteiger partial charge in [-0.2, -0.15) is 5.10 Å². The predicted molar refractivity (Wildman–Crippen MR) is 134 cm³/mol. The average Bonchev–Trinajstić information content (AvgIpc) is 3.35. The van der Waals surface area contributed by atoms with Crippen LogP contribution in [0.4, 0.5) is 0 Å². The normalized spacial score (nSPS) is 17.0. The Hall–Kier alpha value is -3.85. The minimum atomic E-state index is -3.58. The number of hydrogen-bond donors (Lipinski definition) is 0. The van der Waals surface area contributed by atoms with E-state index in [-0.39, 0.29) is 22.6 Å². The maximum absolute atomic E-state index is 13.0. The molecule has 1 unspecified atom stereocenters. The van der Waals surface area contributed by atoms with E-state index in [0.29, 0.717) is 36.7 Å². The SMILES string of the molecule is COc1ccc(C2CC(c3ccc(CS(=O)(=O)c4ccc5c(c4)OCCO5)cc3)=NN2C(C)=O)cc1. The summed E-state index contributed by atoms with van der Waals surface area (Å²) < 4.78 is 42.3. The second-order valence-electron chi connectivity index (χ2n) is 8.66. The smallest absolute Gasteiger partial charge is 0.240 e. The van der Waals surface area contributed by atoms with Crippen molar-refractivity contribution >= 4 is 21.5 Å². The van der Waals surface area contributed by atoms with Gasteiger partial charge in [0.15, 0.2) is 21.3 Å². The molecule has 3 aromatic carbocycles. The second-order valence-corrected chi connectivity index (χ2v) is 10.7. The number of carbonyl (C=O) groups is 1. The summed E-state index contributed by atoms with van der Waals surface area (Å²) in [6, 6.07) is 19.3. The lowest BCUT2D eigenvalue weighted by atomic mass is 9.98. The highest BCUT2D eigenvalue weighted by Gasteiger charge is 2.31. The fourth-order valence-corrected chi connectivity index (χ4v) is 5.73. The van der Waals surface area contributed by atoms with Crippen molar-refractivity contribution in [1.29, 1.82) is 0 Å². The van der Waals surface area contributed by atoms with Crippen LogP contribution >= 0.6 is 0 Å². The summed E-state index contributed by atoms with van der Waals surface area (Å²) in [4.78, 5) is 12.5. The Morgan fingerprint density at radius 2 is 1.69 bits per heavy atom. The Morgan fingerprint density at radius 3 is 2.36 bits per heavy atom. The van der Waals surface area contributed by atoms with Crippen LogP contribution in [0.15, 0.2) is 76.7 Å². The van der Waals surface area contributed by atoms with Gasteiger partial charge in [0.2, 0.25) is 5.91 Å². The van der Waals surface area contributed by atoms with Crippen molar-refractivity contribution < 1.29 is 27.4 Å². The molecular formula is C27H26N2O6S. The summed E-state index contributed by atoms with van der Waals surface area (Å²) in [5, 5.41) is 6.07. The number of benzene rings is 3. The molecule has 0 saturated carbocycles. The molecule has 9 heteroatoms. The molecule has 3 aromatic rings. The number of sulfone groups is 1. The molecule has 0 N–H and O–H groups in total. The highest BCUT2D eigenvalue weighted by molar-refractivity contribution is 7.90. The molecule has 0 aromatic heterocycles. The molecule has 8 nitrogen and oxygen atoms in total. The first-order valence-electron chi connectivity index (χ1n) is 11.6. The van der Waals surface area contributed by atoms with Gasteiger partial charge < -0.3 is 14.2 Å². The van der Waals surface area contributed by atoms with Gasteiger partial charge in [0.05, 0.1) is 29.5 Å². The van der Waals surface area contributed by atoms with Gasteiger partial charge in [0.25, 0.3) is 0 Å². The van der Waals surface area contributed by atoms with Crippen molar-refractivity contribution in [3.8, 4) is 17.2 Å². The van der Waals surface area contributed by atoms with Gasteiger partial charge in [-0.25, -0.2) is 13.4 Å². The number of fused-ring (bicyclic) bond motifs is 1. The largest absolute Gasteiger partial charge is 0.497 e. The number of rotatable bonds is 6. The molecule has 0 aliphatic carbocycles. The van der Waals surface area contributed by atoms with E-state index in [2.05, 4.69) is 5.10 Å². The van der Waals surface area contributed by atoms with Crippen molar-refractivity contribution in [2.24, 2.45) is 5.10 Å². The molecule has 0 radical (unpaired) electrons. The maximum Gasteiger partial charge on any atom is 0.240 e. The zero-order chi connectivity index (χ0) is 25.3. The topological polar surface area (TPSA) is 94.5 Å². The molecule has 2 heterocycles. The first kappa shape index (κ1) is 23.9. The minimum absolute atomic E-state index is 0.145. The van der Waals surface area contributed by atoms with E-state index >= 15 is 0 Å². The van der Waals surface area contributed by atoms with Gasteiger partial charge in [-0.15, -0.1) is 0 Å². The van der Waals surface area contributed by atoms with E-state index in [0.717, 1.165) is 22.6 Å². The summed E-state index contributed by atoms with van der Waals surface area (Å²) in [6.07, 6.45) is 0.556. The molecule has 36 heavy (non-hydrogen) atoms. The number of hydrazone groups is 1. The molecule has 2 aliphatic rings. The van der Waals surface area contributed by atoms with E-state index < -0.39 is 9.84 Å². The second kappa shape index (κ2) is 9.66. The van der Waals surface area contributed by atoms with E-state index in [1.54, 1.807) is 31.4 Å². The van der Waals surface area contributed by atoms with Crippen molar-refractivity contribution in [2.75, 3.05) is 20.3 Å². The minimum Gasteiger partial charge on any atom is -0.497 e. The third-order valence-corrected chi connectivity index (χ3v) is 7.94. The lowest BCUT2D eigenvalue weighted by molar-refractivity contribution is -0.130. The summed E-state index contributed by atoms with van der Waals surface area (Å²) >= 11 is 0. The van der Waals surface area contributed by atoms with Gasteiger partial charge >= 0.3 is 0 Å². The monoisotopic (exact) mass is 506 g/mol. The van der Waals surface area contributed by atoms with Crippen LogP contribution in [0.1, 0.15) is 36.1 Å². The zero-order valence-corrected chi connectivity index (χ0v) is 20.8. The Balaban J connectivity index is 1.32. The van der Waals surface area contributed by atoms with Crippen LogP contribution in [0.2, 0.25) is 0 Å². The highest BCUT2D eigenvalue weighted by atomic mass is 32.2. The lowest BCUT2D eigenvalue weighted by Crippen LogP contribution is -2.24. The molecule has 5 rings (SSSR count). The van der Waals surface area contributed by atoms with Crippen LogP contribution in [-0.4, -0.2) is 45.4 Å².